The Morgan fingerprint density at radius 2 is 2.07 bits per heavy atom. The zero-order valence-corrected chi connectivity index (χ0v) is 18.3. The number of hydrogen-bond acceptors (Lipinski definition) is 6. The topological polar surface area (TPSA) is 94.3 Å². The second kappa shape index (κ2) is 10.8. The number of rotatable bonds is 9. The maximum absolute atomic E-state index is 12.6. The molecule has 1 aromatic heterocycles. The Morgan fingerprint density at radius 3 is 2.64 bits per heavy atom. The zero-order valence-electron chi connectivity index (χ0n) is 17.5. The first-order valence-corrected chi connectivity index (χ1v) is 11.6. The summed E-state index contributed by atoms with van der Waals surface area (Å²) < 4.78 is 31.4. The molecule has 1 aliphatic heterocycles. The van der Waals surface area contributed by atoms with E-state index in [4.69, 9.17) is 9.52 Å². The van der Waals surface area contributed by atoms with Gasteiger partial charge in [-0.25, -0.2) is 8.42 Å². The molecule has 1 aromatic rings. The highest BCUT2D eigenvalue weighted by Gasteiger charge is 2.29. The third kappa shape index (κ3) is 6.46. The fraction of sp³-hybridized carbons (Fsp3) is 0.778. The molecule has 0 aromatic carbocycles. The minimum absolute atomic E-state index is 0.125. The van der Waals surface area contributed by atoms with Gasteiger partial charge in [-0.3, -0.25) is 4.99 Å². The summed E-state index contributed by atoms with van der Waals surface area (Å²) in [5.41, 5.74) is 0.433. The van der Waals surface area contributed by atoms with Gasteiger partial charge in [-0.15, -0.1) is 0 Å². The van der Waals surface area contributed by atoms with Crippen molar-refractivity contribution in [2.45, 2.75) is 39.0 Å². The number of hydrogen-bond donors (Lipinski definition) is 1. The van der Waals surface area contributed by atoms with Crippen molar-refractivity contribution in [3.8, 4) is 0 Å². The van der Waals surface area contributed by atoms with Gasteiger partial charge in [0, 0.05) is 51.4 Å². The van der Waals surface area contributed by atoms with E-state index in [2.05, 4.69) is 41.2 Å². The third-order valence-electron chi connectivity index (χ3n) is 5.15. The maximum atomic E-state index is 12.6. The van der Waals surface area contributed by atoms with Crippen LogP contribution in [0.25, 0.3) is 0 Å². The number of likely N-dealkylation sites (N-methyl/N-ethyl adjacent to an activating group) is 1. The fourth-order valence-electron chi connectivity index (χ4n) is 3.04. The van der Waals surface area contributed by atoms with Gasteiger partial charge >= 0.3 is 0 Å². The van der Waals surface area contributed by atoms with E-state index in [1.807, 2.05) is 6.92 Å². The van der Waals surface area contributed by atoms with Crippen LogP contribution in [-0.4, -0.2) is 92.5 Å². The summed E-state index contributed by atoms with van der Waals surface area (Å²) >= 11 is 0. The van der Waals surface area contributed by atoms with Crippen molar-refractivity contribution in [2.75, 3.05) is 52.9 Å². The molecule has 1 fully saturated rings. The monoisotopic (exact) mass is 414 g/mol. The predicted octanol–water partition coefficient (Wildman–Crippen LogP) is 0.818. The summed E-state index contributed by atoms with van der Waals surface area (Å²) in [5.74, 6) is 0.730. The van der Waals surface area contributed by atoms with Gasteiger partial charge < -0.3 is 19.6 Å². The average molecular weight is 415 g/mol. The molecular formula is C18H34N6O3S. The van der Waals surface area contributed by atoms with E-state index in [1.54, 1.807) is 6.07 Å². The molecule has 0 radical (unpaired) electrons. The molecule has 1 unspecified atom stereocenters. The Balaban J connectivity index is 1.90. The molecule has 1 N–H and O–H groups in total. The number of nitrogens with one attached hydrogen (secondary N) is 1. The second-order valence-corrected chi connectivity index (χ2v) is 9.08. The van der Waals surface area contributed by atoms with E-state index in [9.17, 15) is 8.42 Å². The number of piperazine rings is 1. The molecule has 160 valence electrons. The lowest BCUT2D eigenvalue weighted by Crippen LogP contribution is -2.54. The average Bonchev–Trinajstić information content (AvgIpc) is 3.19. The summed E-state index contributed by atoms with van der Waals surface area (Å²) in [7, 11) is -1.27. The minimum atomic E-state index is -3.39. The highest BCUT2D eigenvalue weighted by atomic mass is 32.2. The molecule has 9 nitrogen and oxygen atoms in total. The lowest BCUT2D eigenvalue weighted by Gasteiger charge is -2.35. The molecular weight excluding hydrogens is 380 g/mol. The van der Waals surface area contributed by atoms with Gasteiger partial charge in [0.05, 0.1) is 12.2 Å². The van der Waals surface area contributed by atoms with Crippen LogP contribution < -0.4 is 5.32 Å². The molecule has 0 aliphatic carbocycles. The van der Waals surface area contributed by atoms with E-state index >= 15 is 0 Å². The highest BCUT2D eigenvalue weighted by molar-refractivity contribution is 7.88. The van der Waals surface area contributed by atoms with Crippen LogP contribution in [0.15, 0.2) is 21.8 Å². The van der Waals surface area contributed by atoms with Crippen LogP contribution in [0.5, 0.6) is 0 Å². The summed E-state index contributed by atoms with van der Waals surface area (Å²) in [6.45, 7) is 11.0. The number of nitrogens with zero attached hydrogens (tertiary/aromatic N) is 5. The zero-order chi connectivity index (χ0) is 20.6. The van der Waals surface area contributed by atoms with E-state index in [0.717, 1.165) is 25.5 Å². The third-order valence-corrected chi connectivity index (χ3v) is 6.96. The summed E-state index contributed by atoms with van der Waals surface area (Å²) in [6.07, 6.45) is 2.51. The van der Waals surface area contributed by atoms with Crippen LogP contribution in [0.2, 0.25) is 0 Å². The highest BCUT2D eigenvalue weighted by Crippen LogP contribution is 2.13. The van der Waals surface area contributed by atoms with Gasteiger partial charge in [0.2, 0.25) is 10.0 Å². The Labute approximate surface area is 168 Å². The van der Waals surface area contributed by atoms with Gasteiger partial charge in [0.1, 0.15) is 12.0 Å². The van der Waals surface area contributed by atoms with Crippen LogP contribution in [0.3, 0.4) is 0 Å². The molecule has 1 aliphatic rings. The molecule has 28 heavy (non-hydrogen) atoms. The van der Waals surface area contributed by atoms with E-state index in [-0.39, 0.29) is 5.75 Å². The first-order valence-electron chi connectivity index (χ1n) is 9.98. The largest absolute Gasteiger partial charge is 0.364 e. The Kier molecular flexibility index (Phi) is 8.71. The Morgan fingerprint density at radius 1 is 1.36 bits per heavy atom. The molecule has 0 bridgehead atoms. The predicted molar refractivity (Wildman–Crippen MR) is 111 cm³/mol. The van der Waals surface area contributed by atoms with Gasteiger partial charge in [0.15, 0.2) is 5.96 Å². The normalized spacial score (nSPS) is 17.9. The molecule has 2 rings (SSSR count). The minimum Gasteiger partial charge on any atom is -0.364 e. The van der Waals surface area contributed by atoms with Crippen LogP contribution in [0.4, 0.5) is 0 Å². The van der Waals surface area contributed by atoms with E-state index in [0.29, 0.717) is 44.5 Å². The van der Waals surface area contributed by atoms with Crippen molar-refractivity contribution in [1.82, 2.24) is 24.6 Å². The first-order chi connectivity index (χ1) is 13.4. The van der Waals surface area contributed by atoms with E-state index < -0.39 is 10.0 Å². The maximum Gasteiger partial charge on any atom is 0.220 e. The fourth-order valence-corrected chi connectivity index (χ4v) is 4.46. The lowest BCUT2D eigenvalue weighted by molar-refractivity contribution is 0.252. The first kappa shape index (κ1) is 22.6. The van der Waals surface area contributed by atoms with E-state index in [1.165, 1.54) is 10.6 Å². The van der Waals surface area contributed by atoms with Crippen molar-refractivity contribution in [3.05, 3.63) is 18.0 Å². The summed E-state index contributed by atoms with van der Waals surface area (Å²) in [6, 6.07) is 2.12. The van der Waals surface area contributed by atoms with Crippen LogP contribution >= 0.6 is 0 Å². The standard InChI is InChI=1S/C18H34N6O3S/c1-5-16(3)22(4)9-8-20-18(19-6-2)23-10-12-24(13-11-23)28(25,26)15-17-7-14-27-21-17/h7,14,16H,5-6,8-13,15H2,1-4H3,(H,19,20). The van der Waals surface area contributed by atoms with Gasteiger partial charge in [-0.1, -0.05) is 12.1 Å². The SMILES string of the molecule is CCNC(=NCCN(C)C(C)CC)N1CCN(S(=O)(=O)Cc2ccon2)CC1. The number of aliphatic imine (C=N–C) groups is 1. The van der Waals surface area contributed by atoms with Crippen molar-refractivity contribution in [3.63, 3.8) is 0 Å². The smallest absolute Gasteiger partial charge is 0.220 e. The molecule has 0 amide bonds. The molecule has 10 heteroatoms. The lowest BCUT2D eigenvalue weighted by atomic mass is 10.2. The van der Waals surface area contributed by atoms with Crippen molar-refractivity contribution in [2.24, 2.45) is 4.99 Å². The number of guanidine groups is 1. The van der Waals surface area contributed by atoms with Crippen LogP contribution in [-0.2, 0) is 15.8 Å². The van der Waals surface area contributed by atoms with Crippen LogP contribution in [0, 0.1) is 0 Å². The van der Waals surface area contributed by atoms with Crippen LogP contribution in [0.1, 0.15) is 32.9 Å². The van der Waals surface area contributed by atoms with Crippen molar-refractivity contribution < 1.29 is 12.9 Å². The molecule has 1 saturated heterocycles. The number of aromatic nitrogens is 1. The van der Waals surface area contributed by atoms with Crippen molar-refractivity contribution in [1.29, 1.82) is 0 Å². The molecule has 2 heterocycles. The van der Waals surface area contributed by atoms with Crippen molar-refractivity contribution >= 4 is 16.0 Å². The Bertz CT molecular complexity index is 699. The van der Waals surface area contributed by atoms with Gasteiger partial charge in [-0.2, -0.15) is 4.31 Å². The van der Waals surface area contributed by atoms with Gasteiger partial charge in [-0.05, 0) is 27.3 Å². The van der Waals surface area contributed by atoms with Gasteiger partial charge in [0.25, 0.3) is 0 Å². The number of sulfonamides is 1. The Hall–Kier alpha value is -1.65. The second-order valence-electron chi connectivity index (χ2n) is 7.11. The summed E-state index contributed by atoms with van der Waals surface area (Å²) in [5, 5.41) is 7.03. The molecule has 0 spiro atoms. The summed E-state index contributed by atoms with van der Waals surface area (Å²) in [4.78, 5) is 9.18. The quantitative estimate of drug-likeness (QED) is 0.472. The molecule has 1 atom stereocenters. The molecule has 0 saturated carbocycles.